The van der Waals surface area contributed by atoms with E-state index in [2.05, 4.69) is 86.8 Å². The van der Waals surface area contributed by atoms with Crippen LogP contribution in [0.25, 0.3) is 0 Å². The molecule has 0 radical (unpaired) electrons. The zero-order chi connectivity index (χ0) is 48.2. The first kappa shape index (κ1) is 59.1. The molecule has 0 saturated carbocycles. The van der Waals surface area contributed by atoms with Gasteiger partial charge in [-0.1, -0.05) is 125 Å². The van der Waals surface area contributed by atoms with Crippen LogP contribution in [0.5, 0.6) is 0 Å². The van der Waals surface area contributed by atoms with Crippen molar-refractivity contribution in [2.45, 2.75) is 210 Å². The van der Waals surface area contributed by atoms with Crippen molar-refractivity contribution in [1.29, 1.82) is 0 Å². The Morgan fingerprint density at radius 2 is 0.909 bits per heavy atom. The number of aliphatic hydroxyl groups is 7. The molecule has 2 rings (SSSR count). The second-order valence-electron chi connectivity index (χ2n) is 16.9. The maximum absolute atomic E-state index is 13.0. The van der Waals surface area contributed by atoms with E-state index in [0.29, 0.717) is 12.8 Å². The highest BCUT2D eigenvalue weighted by atomic mass is 16.7. The largest absolute Gasteiger partial charge is 0.462 e. The van der Waals surface area contributed by atoms with Gasteiger partial charge in [0.25, 0.3) is 0 Å². The van der Waals surface area contributed by atoms with E-state index in [1.54, 1.807) is 0 Å². The third-order valence-corrected chi connectivity index (χ3v) is 11.2. The molecular weight excluding hydrogens is 853 g/mol. The van der Waals surface area contributed by atoms with Crippen molar-refractivity contribution in [3.63, 3.8) is 0 Å². The SMILES string of the molecule is CC/C=C\C/C=C\C/C=C\CCCCCCCC(=O)OCC(CO[C@H]1O[C@H](CO[C@H]2O[C@H](CO)[C@H](O)[C@H](O)[C@H]2O)[C@H](O)[C@H](O)[C@H]1O)OC(=O)CCCCCCC/C=C\C/C=C\C/C=C\CC. The van der Waals surface area contributed by atoms with Crippen molar-refractivity contribution in [2.75, 3.05) is 26.4 Å². The lowest BCUT2D eigenvalue weighted by atomic mass is 9.98. The van der Waals surface area contributed by atoms with Crippen molar-refractivity contribution >= 4 is 11.9 Å². The summed E-state index contributed by atoms with van der Waals surface area (Å²) >= 11 is 0. The van der Waals surface area contributed by atoms with Crippen LogP contribution < -0.4 is 0 Å². The summed E-state index contributed by atoms with van der Waals surface area (Å²) in [7, 11) is 0. The van der Waals surface area contributed by atoms with E-state index in [9.17, 15) is 45.3 Å². The summed E-state index contributed by atoms with van der Waals surface area (Å²) in [6, 6.07) is 0. The van der Waals surface area contributed by atoms with Crippen molar-refractivity contribution in [3.05, 3.63) is 72.9 Å². The minimum absolute atomic E-state index is 0.138. The highest BCUT2D eigenvalue weighted by molar-refractivity contribution is 5.70. The van der Waals surface area contributed by atoms with Gasteiger partial charge in [-0.3, -0.25) is 9.59 Å². The average Bonchev–Trinajstić information content (AvgIpc) is 3.31. The van der Waals surface area contributed by atoms with E-state index < -0.39 is 99.3 Å². The number of hydrogen-bond donors (Lipinski definition) is 7. The minimum atomic E-state index is -1.77. The van der Waals surface area contributed by atoms with Crippen LogP contribution in [0.1, 0.15) is 142 Å². The van der Waals surface area contributed by atoms with Gasteiger partial charge in [-0.25, -0.2) is 0 Å². The Balaban J connectivity index is 1.84. The Hall–Kier alpha value is -3.06. The van der Waals surface area contributed by atoms with Crippen LogP contribution >= 0.6 is 0 Å². The maximum atomic E-state index is 13.0. The van der Waals surface area contributed by atoms with Gasteiger partial charge in [0.05, 0.1) is 19.8 Å². The molecule has 15 nitrogen and oxygen atoms in total. The molecule has 0 aliphatic carbocycles. The molecule has 2 saturated heterocycles. The Kier molecular flexibility index (Phi) is 33.9. The van der Waals surface area contributed by atoms with Gasteiger partial charge in [0, 0.05) is 12.8 Å². The highest BCUT2D eigenvalue weighted by Crippen LogP contribution is 2.26. The van der Waals surface area contributed by atoms with E-state index >= 15 is 0 Å². The monoisotopic (exact) mass is 937 g/mol. The molecule has 7 N–H and O–H groups in total. The average molecular weight is 937 g/mol. The van der Waals surface area contributed by atoms with E-state index in [4.69, 9.17) is 28.4 Å². The fraction of sp³-hybridized carbons (Fsp3) is 0.725. The van der Waals surface area contributed by atoms with Gasteiger partial charge in [-0.05, 0) is 77.0 Å². The molecule has 0 bridgehead atoms. The Morgan fingerprint density at radius 3 is 1.42 bits per heavy atom. The quantitative estimate of drug-likeness (QED) is 0.0209. The standard InChI is InChI=1S/C51H84O15/c1-3-5-7-9-11-13-15-17-19-21-23-25-27-29-31-33-42(53)61-36-39(64-43(54)34-32-30-28-26-24-22-20-18-16-14-12-10-8-6-4-2)37-62-50-49(60)47(58)45(56)41(66-50)38-63-51-48(59)46(57)44(55)40(35-52)65-51/h5-8,11-14,17-20,39-41,44-52,55-60H,3-4,9-10,15-16,21-38H2,1-2H3/b7-5-,8-6-,13-11-,14-12-,19-17-,20-18-/t39?,40-,41-,44+,45+,46+,47+,48-,49-,50+,51+/m1/s1. The number of rotatable bonds is 36. The molecular formula is C51H84O15. The molecule has 66 heavy (non-hydrogen) atoms. The topological polar surface area (TPSA) is 231 Å². The Morgan fingerprint density at radius 1 is 0.485 bits per heavy atom. The molecule has 2 aliphatic rings. The molecule has 2 aliphatic heterocycles. The van der Waals surface area contributed by atoms with Crippen LogP contribution in [0.2, 0.25) is 0 Å². The number of carbonyl (C=O) groups is 2. The first-order valence-electron chi connectivity index (χ1n) is 24.5. The third-order valence-electron chi connectivity index (χ3n) is 11.2. The van der Waals surface area contributed by atoms with Crippen molar-refractivity contribution in [2.24, 2.45) is 0 Å². The highest BCUT2D eigenvalue weighted by Gasteiger charge is 2.47. The van der Waals surface area contributed by atoms with Gasteiger partial charge >= 0.3 is 11.9 Å². The van der Waals surface area contributed by atoms with Gasteiger partial charge < -0.3 is 64.2 Å². The van der Waals surface area contributed by atoms with E-state index in [1.807, 2.05) is 0 Å². The van der Waals surface area contributed by atoms with E-state index in [1.165, 1.54) is 0 Å². The Labute approximate surface area is 393 Å². The first-order chi connectivity index (χ1) is 32.0. The minimum Gasteiger partial charge on any atom is -0.462 e. The third kappa shape index (κ3) is 25.9. The summed E-state index contributed by atoms with van der Waals surface area (Å²) in [5, 5.41) is 72.0. The first-order valence-corrected chi connectivity index (χ1v) is 24.5. The molecule has 0 aromatic rings. The van der Waals surface area contributed by atoms with Crippen LogP contribution in [0.3, 0.4) is 0 Å². The molecule has 15 heteroatoms. The fourth-order valence-corrected chi connectivity index (χ4v) is 7.18. The number of allylic oxidation sites excluding steroid dienone is 12. The summed E-state index contributed by atoms with van der Waals surface area (Å²) in [5.74, 6) is -0.973. The molecule has 0 amide bonds. The van der Waals surface area contributed by atoms with Crippen LogP contribution in [0.4, 0.5) is 0 Å². The van der Waals surface area contributed by atoms with Gasteiger partial charge in [0.15, 0.2) is 18.7 Å². The lowest BCUT2D eigenvalue weighted by Crippen LogP contribution is -2.61. The predicted octanol–water partition coefficient (Wildman–Crippen LogP) is 6.26. The van der Waals surface area contributed by atoms with Gasteiger partial charge in [0.1, 0.15) is 55.4 Å². The van der Waals surface area contributed by atoms with Crippen molar-refractivity contribution in [3.8, 4) is 0 Å². The molecule has 11 atom stereocenters. The van der Waals surface area contributed by atoms with E-state index in [-0.39, 0.29) is 19.4 Å². The zero-order valence-corrected chi connectivity index (χ0v) is 39.6. The number of hydrogen-bond acceptors (Lipinski definition) is 15. The lowest BCUT2D eigenvalue weighted by molar-refractivity contribution is -0.332. The molecule has 1 unspecified atom stereocenters. The summed E-state index contributed by atoms with van der Waals surface area (Å²) in [6.45, 7) is 2.30. The van der Waals surface area contributed by atoms with Crippen molar-refractivity contribution in [1.82, 2.24) is 0 Å². The lowest BCUT2D eigenvalue weighted by Gasteiger charge is -2.42. The molecule has 2 fully saturated rings. The maximum Gasteiger partial charge on any atom is 0.306 e. The second kappa shape index (κ2) is 37.9. The number of unbranched alkanes of at least 4 members (excludes halogenated alkanes) is 10. The molecule has 0 spiro atoms. The molecule has 378 valence electrons. The summed E-state index contributed by atoms with van der Waals surface area (Å²) in [5.41, 5.74) is 0. The van der Waals surface area contributed by atoms with Crippen LogP contribution in [0, 0.1) is 0 Å². The van der Waals surface area contributed by atoms with Crippen LogP contribution in [-0.2, 0) is 38.0 Å². The van der Waals surface area contributed by atoms with Crippen LogP contribution in [0.15, 0.2) is 72.9 Å². The fourth-order valence-electron chi connectivity index (χ4n) is 7.18. The van der Waals surface area contributed by atoms with E-state index in [0.717, 1.165) is 103 Å². The van der Waals surface area contributed by atoms with Crippen molar-refractivity contribution < 1.29 is 73.8 Å². The van der Waals surface area contributed by atoms with Gasteiger partial charge in [0.2, 0.25) is 0 Å². The summed E-state index contributed by atoms with van der Waals surface area (Å²) in [4.78, 5) is 25.7. The molecule has 0 aromatic heterocycles. The Bertz CT molecular complexity index is 1430. The van der Waals surface area contributed by atoms with Crippen LogP contribution in [-0.4, -0.2) is 142 Å². The number of aliphatic hydroxyl groups excluding tert-OH is 7. The molecule has 2 heterocycles. The number of carbonyl (C=O) groups excluding carboxylic acids is 2. The normalized spacial score (nSPS) is 26.8. The zero-order valence-electron chi connectivity index (χ0n) is 39.6. The molecule has 0 aromatic carbocycles. The summed E-state index contributed by atoms with van der Waals surface area (Å²) < 4.78 is 33.5. The predicted molar refractivity (Wildman–Crippen MR) is 252 cm³/mol. The smallest absolute Gasteiger partial charge is 0.306 e. The van der Waals surface area contributed by atoms with Gasteiger partial charge in [-0.15, -0.1) is 0 Å². The number of ether oxygens (including phenoxy) is 6. The summed E-state index contributed by atoms with van der Waals surface area (Å²) in [6.07, 6.45) is 26.5. The number of esters is 2. The van der Waals surface area contributed by atoms with Gasteiger partial charge in [-0.2, -0.15) is 0 Å². The second-order valence-corrected chi connectivity index (χ2v) is 16.9.